The molecule has 2 saturated heterocycles. The summed E-state index contributed by atoms with van der Waals surface area (Å²) < 4.78 is 16.7. The van der Waals surface area contributed by atoms with Gasteiger partial charge in [-0.1, -0.05) is 0 Å². The summed E-state index contributed by atoms with van der Waals surface area (Å²) in [6.07, 6.45) is 2.70. The van der Waals surface area contributed by atoms with Gasteiger partial charge in [-0.2, -0.15) is 0 Å². The van der Waals surface area contributed by atoms with Gasteiger partial charge in [-0.15, -0.1) is 0 Å². The van der Waals surface area contributed by atoms with Crippen LogP contribution in [-0.4, -0.2) is 59.4 Å². The Kier molecular flexibility index (Phi) is 8.03. The van der Waals surface area contributed by atoms with Gasteiger partial charge >= 0.3 is 0 Å². The van der Waals surface area contributed by atoms with Crippen LogP contribution in [0.15, 0.2) is 0 Å². The molecule has 19 heavy (non-hydrogen) atoms. The van der Waals surface area contributed by atoms with Crippen LogP contribution in [0.4, 0.5) is 0 Å². The van der Waals surface area contributed by atoms with Crippen molar-refractivity contribution >= 4 is 0 Å². The van der Waals surface area contributed by atoms with Crippen molar-refractivity contribution in [1.29, 1.82) is 0 Å². The maximum atomic E-state index is 8.08. The molecule has 6 nitrogen and oxygen atoms in total. The van der Waals surface area contributed by atoms with Gasteiger partial charge in [0.1, 0.15) is 6.10 Å². The van der Waals surface area contributed by atoms with Crippen molar-refractivity contribution in [3.05, 3.63) is 0 Å². The Morgan fingerprint density at radius 1 is 1.11 bits per heavy atom. The third-order valence-corrected chi connectivity index (χ3v) is 2.41. The van der Waals surface area contributed by atoms with Gasteiger partial charge in [-0.25, -0.2) is 0 Å². The summed E-state index contributed by atoms with van der Waals surface area (Å²) in [6.45, 7) is 8.05. The molecule has 0 amide bonds. The molecule has 0 bridgehead atoms. The van der Waals surface area contributed by atoms with Crippen LogP contribution >= 0.6 is 0 Å². The van der Waals surface area contributed by atoms with E-state index in [4.69, 9.17) is 29.5 Å². The molecule has 0 aromatic heterocycles. The van der Waals surface area contributed by atoms with E-state index in [-0.39, 0.29) is 12.2 Å². The highest BCUT2D eigenvalue weighted by atomic mass is 16.7. The molecule has 2 aliphatic rings. The number of aliphatic hydroxyl groups is 3. The Hall–Kier alpha value is -0.240. The molecule has 6 heteroatoms. The summed E-state index contributed by atoms with van der Waals surface area (Å²) in [4.78, 5) is 0. The molecule has 0 aromatic carbocycles. The molecule has 0 aromatic rings. The van der Waals surface area contributed by atoms with Crippen molar-refractivity contribution in [3.63, 3.8) is 0 Å². The van der Waals surface area contributed by atoms with Crippen LogP contribution in [-0.2, 0) is 14.2 Å². The van der Waals surface area contributed by atoms with Gasteiger partial charge < -0.3 is 29.5 Å². The molecule has 3 N–H and O–H groups in total. The van der Waals surface area contributed by atoms with E-state index in [1.807, 2.05) is 13.8 Å². The first-order valence-corrected chi connectivity index (χ1v) is 6.50. The fourth-order valence-electron chi connectivity index (χ4n) is 1.79. The molecule has 0 aliphatic carbocycles. The predicted molar refractivity (Wildman–Crippen MR) is 70.5 cm³/mol. The molecule has 2 rings (SSSR count). The Labute approximate surface area is 115 Å². The maximum Gasteiger partial charge on any atom is 0.163 e. The molecular weight excluding hydrogens is 252 g/mol. The summed E-state index contributed by atoms with van der Waals surface area (Å²) in [7, 11) is 1.00. The van der Waals surface area contributed by atoms with E-state index in [0.717, 1.165) is 26.6 Å². The fraction of sp³-hybridized carbons (Fsp3) is 1.00. The maximum absolute atomic E-state index is 8.08. The molecule has 2 fully saturated rings. The lowest BCUT2D eigenvalue weighted by molar-refractivity contribution is -0.151. The largest absolute Gasteiger partial charge is 0.400 e. The number of ether oxygens (including phenoxy) is 3. The van der Waals surface area contributed by atoms with Crippen molar-refractivity contribution in [2.45, 2.75) is 64.3 Å². The molecule has 116 valence electrons. The lowest BCUT2D eigenvalue weighted by Gasteiger charge is -2.20. The van der Waals surface area contributed by atoms with E-state index in [0.29, 0.717) is 6.61 Å². The minimum Gasteiger partial charge on any atom is -0.400 e. The predicted octanol–water partition coefficient (Wildman–Crippen LogP) is 0.632. The Balaban J connectivity index is 0.000000396. The summed E-state index contributed by atoms with van der Waals surface area (Å²) >= 11 is 0. The summed E-state index contributed by atoms with van der Waals surface area (Å²) in [6, 6.07) is 0. The number of aliphatic hydroxyl groups excluding tert-OH is 1. The van der Waals surface area contributed by atoms with Crippen LogP contribution < -0.4 is 0 Å². The van der Waals surface area contributed by atoms with Gasteiger partial charge in [-0.05, 0) is 40.5 Å². The van der Waals surface area contributed by atoms with E-state index in [9.17, 15) is 0 Å². The monoisotopic (exact) mass is 280 g/mol. The van der Waals surface area contributed by atoms with Crippen molar-refractivity contribution in [2.24, 2.45) is 0 Å². The second kappa shape index (κ2) is 8.14. The number of hydrogen-bond acceptors (Lipinski definition) is 6. The Morgan fingerprint density at radius 3 is 1.95 bits per heavy atom. The molecule has 0 radical (unpaired) electrons. The first kappa shape index (κ1) is 18.8. The van der Waals surface area contributed by atoms with Crippen molar-refractivity contribution < 1.29 is 29.5 Å². The van der Waals surface area contributed by atoms with Gasteiger partial charge in [0.05, 0.1) is 12.7 Å². The van der Waals surface area contributed by atoms with Gasteiger partial charge in [-0.3, -0.25) is 0 Å². The van der Waals surface area contributed by atoms with Gasteiger partial charge in [0.2, 0.25) is 0 Å². The minimum atomic E-state index is -1.50. The second-order valence-corrected chi connectivity index (χ2v) is 5.41. The second-order valence-electron chi connectivity index (χ2n) is 5.41. The highest BCUT2D eigenvalue weighted by Gasteiger charge is 2.38. The van der Waals surface area contributed by atoms with Gasteiger partial charge in [0.15, 0.2) is 11.6 Å². The number of rotatable bonds is 1. The lowest BCUT2D eigenvalue weighted by Crippen LogP contribution is -2.30. The van der Waals surface area contributed by atoms with Crippen molar-refractivity contribution in [1.82, 2.24) is 0 Å². The smallest absolute Gasteiger partial charge is 0.163 e. The Bertz CT molecular complexity index is 224. The zero-order chi connectivity index (χ0) is 15.1. The SMILES string of the molecule is CC(C)(O)O.CC1(C)OCC(C2CCCO2)O1.CO. The molecule has 2 aliphatic heterocycles. The highest BCUT2D eigenvalue weighted by molar-refractivity contribution is 4.81. The first-order chi connectivity index (χ1) is 8.67. The number of hydrogen-bond donors (Lipinski definition) is 3. The van der Waals surface area contributed by atoms with E-state index in [1.54, 1.807) is 0 Å². The van der Waals surface area contributed by atoms with E-state index >= 15 is 0 Å². The summed E-state index contributed by atoms with van der Waals surface area (Å²) in [5.41, 5.74) is 0. The molecule has 0 spiro atoms. The van der Waals surface area contributed by atoms with Gasteiger partial charge in [0, 0.05) is 13.7 Å². The third kappa shape index (κ3) is 9.32. The molecular formula is C13H28O6. The lowest BCUT2D eigenvalue weighted by atomic mass is 10.1. The van der Waals surface area contributed by atoms with Crippen LogP contribution in [0, 0.1) is 0 Å². The average Bonchev–Trinajstić information content (AvgIpc) is 2.87. The minimum absolute atomic E-state index is 0.155. The molecule has 2 heterocycles. The first-order valence-electron chi connectivity index (χ1n) is 6.50. The van der Waals surface area contributed by atoms with Crippen LogP contribution in [0.2, 0.25) is 0 Å². The van der Waals surface area contributed by atoms with E-state index in [2.05, 4.69) is 0 Å². The van der Waals surface area contributed by atoms with Crippen LogP contribution in [0.25, 0.3) is 0 Å². The average molecular weight is 280 g/mol. The van der Waals surface area contributed by atoms with Crippen molar-refractivity contribution in [2.75, 3.05) is 20.3 Å². The van der Waals surface area contributed by atoms with E-state index in [1.165, 1.54) is 13.8 Å². The fourth-order valence-corrected chi connectivity index (χ4v) is 1.79. The standard InChI is InChI=1S/C9H16O3.C3H8O2.CH4O/c1-9(2)11-6-8(12-9)7-4-3-5-10-7;1-3(2,4)5;1-2/h7-8H,3-6H2,1-2H3;4-5H,1-2H3;2H,1H3. The zero-order valence-electron chi connectivity index (χ0n) is 12.5. The summed E-state index contributed by atoms with van der Waals surface area (Å²) in [5, 5.41) is 23.2. The quantitative estimate of drug-likeness (QED) is 0.611. The highest BCUT2D eigenvalue weighted by Crippen LogP contribution is 2.28. The van der Waals surface area contributed by atoms with Crippen LogP contribution in [0.3, 0.4) is 0 Å². The molecule has 2 unspecified atom stereocenters. The van der Waals surface area contributed by atoms with Crippen LogP contribution in [0.5, 0.6) is 0 Å². The zero-order valence-corrected chi connectivity index (χ0v) is 12.5. The summed E-state index contributed by atoms with van der Waals surface area (Å²) in [5.74, 6) is -1.91. The third-order valence-electron chi connectivity index (χ3n) is 2.41. The van der Waals surface area contributed by atoms with E-state index < -0.39 is 11.6 Å². The Morgan fingerprint density at radius 2 is 1.63 bits per heavy atom. The van der Waals surface area contributed by atoms with Gasteiger partial charge in [0.25, 0.3) is 0 Å². The van der Waals surface area contributed by atoms with Crippen molar-refractivity contribution in [3.8, 4) is 0 Å². The molecule has 2 atom stereocenters. The normalized spacial score (nSPS) is 29.1. The van der Waals surface area contributed by atoms with Crippen LogP contribution in [0.1, 0.15) is 40.5 Å². The molecule has 0 saturated carbocycles. The topological polar surface area (TPSA) is 88.4 Å².